The number of fused-ring (bicyclic) bond motifs is 1. The number of ether oxygens (including phenoxy) is 1. The van der Waals surface area contributed by atoms with Crippen molar-refractivity contribution in [2.75, 3.05) is 6.61 Å². The zero-order valence-electron chi connectivity index (χ0n) is 19.1. The molecule has 6 atom stereocenters. The van der Waals surface area contributed by atoms with Crippen LogP contribution in [0.15, 0.2) is 30.9 Å². The summed E-state index contributed by atoms with van der Waals surface area (Å²) in [5, 5.41) is 16.2. The van der Waals surface area contributed by atoms with Gasteiger partial charge < -0.3 is 20.1 Å². The Balaban J connectivity index is 1.90. The highest BCUT2D eigenvalue weighted by atomic mass is 35.5. The van der Waals surface area contributed by atoms with E-state index < -0.39 is 22.2 Å². The number of aromatic amines is 1. The molecule has 5 heteroatoms. The lowest BCUT2D eigenvalue weighted by Gasteiger charge is -2.71. The molecular formula is C26H33ClN2O2. The highest BCUT2D eigenvalue weighted by Crippen LogP contribution is 2.75. The molecule has 4 aliphatic rings. The molecular weight excluding hydrogens is 408 g/mol. The minimum atomic E-state index is -1.18. The Morgan fingerprint density at radius 3 is 2.55 bits per heavy atom. The second-order valence-electron chi connectivity index (χ2n) is 11.6. The van der Waals surface area contributed by atoms with E-state index in [-0.39, 0.29) is 22.1 Å². The number of alkyl halides is 1. The van der Waals surface area contributed by atoms with Crippen molar-refractivity contribution in [3.05, 3.63) is 54.7 Å². The topological polar surface area (TPSA) is 65.2 Å². The molecule has 1 saturated carbocycles. The van der Waals surface area contributed by atoms with Crippen LogP contribution in [0.25, 0.3) is 10.9 Å². The standard InChI is InChI=1S/C26H33ClN2O2/c1-8-23(6)17(27)12-16-21(2,3)14-10-9-11-15-18(14)19-20(29-15)22(4,5)24(13-31-24)26(23,28-7)25(16,19)30/h8-11,16-17,29-30H,1,7,12-13,28H2,2-6H3. The van der Waals surface area contributed by atoms with Gasteiger partial charge in [-0.15, -0.1) is 18.2 Å². The highest BCUT2D eigenvalue weighted by molar-refractivity contribution is 6.21. The molecule has 1 spiro atoms. The van der Waals surface area contributed by atoms with Crippen molar-refractivity contribution >= 4 is 22.5 Å². The molecule has 2 aromatic rings. The zero-order valence-corrected chi connectivity index (χ0v) is 19.9. The number of aliphatic hydroxyl groups is 1. The second kappa shape index (κ2) is 5.25. The van der Waals surface area contributed by atoms with Gasteiger partial charge in [0.1, 0.15) is 5.54 Å². The van der Waals surface area contributed by atoms with E-state index in [1.165, 1.54) is 5.56 Å². The van der Waals surface area contributed by atoms with E-state index in [2.05, 4.69) is 71.4 Å². The maximum absolute atomic E-state index is 13.2. The Morgan fingerprint density at radius 2 is 1.97 bits per heavy atom. The monoisotopic (exact) mass is 440 g/mol. The summed E-state index contributed by atoms with van der Waals surface area (Å²) < 4.78 is 6.46. The lowest BCUT2D eigenvalue weighted by Crippen LogP contribution is -3.08. The Labute approximate surface area is 189 Å². The first-order valence-corrected chi connectivity index (χ1v) is 11.8. The van der Waals surface area contributed by atoms with Crippen molar-refractivity contribution in [3.8, 4) is 0 Å². The van der Waals surface area contributed by atoms with E-state index in [1.807, 2.05) is 11.4 Å². The summed E-state index contributed by atoms with van der Waals surface area (Å²) in [7, 11) is 4.37. The highest BCUT2D eigenvalue weighted by Gasteiger charge is 2.89. The van der Waals surface area contributed by atoms with Gasteiger partial charge in [0.25, 0.3) is 0 Å². The maximum atomic E-state index is 13.2. The van der Waals surface area contributed by atoms with Crippen LogP contribution in [0.5, 0.6) is 0 Å². The van der Waals surface area contributed by atoms with E-state index in [4.69, 9.17) is 16.3 Å². The molecule has 2 heterocycles. The fraction of sp³-hybridized carbons (Fsp3) is 0.577. The largest absolute Gasteiger partial charge is 0.468 e. The molecule has 1 saturated heterocycles. The Morgan fingerprint density at radius 1 is 1.29 bits per heavy atom. The molecule has 0 amide bonds. The SMILES string of the molecule is C=CC1(C)C(Cl)CC2C(C)(C)c3cccc4[nH]c5c(c34)C2(O)C1([NH2+][CH2-])C1(CO1)C5(C)C. The molecule has 166 valence electrons. The predicted molar refractivity (Wildman–Crippen MR) is 123 cm³/mol. The normalized spacial score (nSPS) is 45.7. The van der Waals surface area contributed by atoms with Crippen molar-refractivity contribution in [2.45, 2.75) is 74.0 Å². The number of aromatic nitrogens is 1. The Bertz CT molecular complexity index is 1160. The van der Waals surface area contributed by atoms with Crippen LogP contribution >= 0.6 is 11.6 Å². The number of H-pyrrole nitrogens is 1. The predicted octanol–water partition coefficient (Wildman–Crippen LogP) is 3.62. The molecule has 31 heavy (non-hydrogen) atoms. The number of nitrogens with one attached hydrogen (secondary N) is 1. The zero-order chi connectivity index (χ0) is 22.4. The summed E-state index contributed by atoms with van der Waals surface area (Å²) >= 11 is 7.25. The molecule has 1 aromatic carbocycles. The lowest BCUT2D eigenvalue weighted by molar-refractivity contribution is -0.731. The van der Waals surface area contributed by atoms with Crippen molar-refractivity contribution in [1.29, 1.82) is 0 Å². The van der Waals surface area contributed by atoms with Gasteiger partial charge in [0.15, 0.2) is 11.2 Å². The number of benzene rings is 1. The van der Waals surface area contributed by atoms with Crippen LogP contribution in [0.3, 0.4) is 0 Å². The number of nitrogens with two attached hydrogens (primary N) is 1. The van der Waals surface area contributed by atoms with Crippen LogP contribution < -0.4 is 5.32 Å². The van der Waals surface area contributed by atoms with Crippen molar-refractivity contribution in [3.63, 3.8) is 0 Å². The van der Waals surface area contributed by atoms with Crippen LogP contribution in [0.2, 0.25) is 0 Å². The summed E-state index contributed by atoms with van der Waals surface area (Å²) in [5.74, 6) is -0.0849. The van der Waals surface area contributed by atoms with Gasteiger partial charge in [-0.1, -0.05) is 45.9 Å². The van der Waals surface area contributed by atoms with Gasteiger partial charge in [-0.3, -0.25) is 0 Å². The number of rotatable bonds is 2. The van der Waals surface area contributed by atoms with Gasteiger partial charge in [-0.05, 0) is 30.4 Å². The summed E-state index contributed by atoms with van der Waals surface area (Å²) in [4.78, 5) is 3.73. The third-order valence-electron chi connectivity index (χ3n) is 10.3. The molecule has 4 nitrogen and oxygen atoms in total. The average Bonchev–Trinajstić information content (AvgIpc) is 3.42. The number of hydrogen-bond acceptors (Lipinski definition) is 2. The smallest absolute Gasteiger partial charge is 0.158 e. The van der Waals surface area contributed by atoms with Crippen LogP contribution in [0.4, 0.5) is 0 Å². The molecule has 1 aliphatic heterocycles. The molecule has 1 aromatic heterocycles. The minimum Gasteiger partial charge on any atom is -0.468 e. The van der Waals surface area contributed by atoms with E-state index in [0.717, 1.165) is 22.2 Å². The molecule has 3 aliphatic carbocycles. The average molecular weight is 441 g/mol. The first-order valence-electron chi connectivity index (χ1n) is 11.4. The number of quaternary nitrogens is 1. The van der Waals surface area contributed by atoms with Crippen LogP contribution in [-0.4, -0.2) is 33.2 Å². The summed E-state index contributed by atoms with van der Waals surface area (Å²) in [6.45, 7) is 15.9. The Kier molecular flexibility index (Phi) is 3.44. The molecule has 6 rings (SSSR count). The maximum Gasteiger partial charge on any atom is 0.158 e. The van der Waals surface area contributed by atoms with Gasteiger partial charge in [0.05, 0.1) is 12.0 Å². The molecule has 0 radical (unpaired) electrons. The summed E-state index contributed by atoms with van der Waals surface area (Å²) in [6.07, 6.45) is 2.66. The van der Waals surface area contributed by atoms with E-state index >= 15 is 0 Å². The van der Waals surface area contributed by atoms with Gasteiger partial charge in [-0.25, -0.2) is 0 Å². The van der Waals surface area contributed by atoms with Gasteiger partial charge in [-0.2, -0.15) is 7.05 Å². The van der Waals surface area contributed by atoms with E-state index in [1.54, 1.807) is 0 Å². The fourth-order valence-corrected chi connectivity index (χ4v) is 8.93. The second-order valence-corrected chi connectivity index (χ2v) is 12.1. The van der Waals surface area contributed by atoms with Crippen molar-refractivity contribution in [2.24, 2.45) is 11.3 Å². The minimum absolute atomic E-state index is 0.0849. The lowest BCUT2D eigenvalue weighted by atomic mass is 9.36. The van der Waals surface area contributed by atoms with Gasteiger partial charge in [0.2, 0.25) is 0 Å². The van der Waals surface area contributed by atoms with Crippen LogP contribution in [0.1, 0.15) is 57.9 Å². The van der Waals surface area contributed by atoms with Crippen molar-refractivity contribution in [1.82, 2.24) is 4.98 Å². The molecule has 0 bridgehead atoms. The Hall–Kier alpha value is -1.33. The van der Waals surface area contributed by atoms with Crippen LogP contribution in [0, 0.1) is 18.4 Å². The third kappa shape index (κ3) is 1.64. The van der Waals surface area contributed by atoms with Crippen LogP contribution in [-0.2, 0) is 21.2 Å². The number of halogens is 1. The van der Waals surface area contributed by atoms with Gasteiger partial charge in [0, 0.05) is 38.9 Å². The summed E-state index contributed by atoms with van der Waals surface area (Å²) in [5.41, 5.74) is 0.625. The van der Waals surface area contributed by atoms with Crippen molar-refractivity contribution < 1.29 is 15.2 Å². The first-order chi connectivity index (χ1) is 14.4. The van der Waals surface area contributed by atoms with E-state index in [9.17, 15) is 5.11 Å². The third-order valence-corrected chi connectivity index (χ3v) is 10.9. The fourth-order valence-electron chi connectivity index (χ4n) is 8.49. The molecule has 4 N–H and O–H groups in total. The molecule has 2 fully saturated rings. The molecule has 6 unspecified atom stereocenters. The summed E-state index contributed by atoms with van der Waals surface area (Å²) in [6, 6.07) is 6.47. The van der Waals surface area contributed by atoms with Gasteiger partial charge >= 0.3 is 0 Å². The van der Waals surface area contributed by atoms with E-state index in [0.29, 0.717) is 13.0 Å². The quantitative estimate of drug-likeness (QED) is 0.289. The number of epoxide rings is 1. The first kappa shape index (κ1) is 20.3. The number of hydrogen-bond donors (Lipinski definition) is 3.